The second-order valence-electron chi connectivity index (χ2n) is 3.24. The maximum absolute atomic E-state index is 11.2. The Morgan fingerprint density at radius 1 is 1.25 bits per heavy atom. The van der Waals surface area contributed by atoms with Gasteiger partial charge >= 0.3 is 6.03 Å². The fourth-order valence-corrected chi connectivity index (χ4v) is 1.13. The minimum Gasteiger partial charge on any atom is -0.395 e. The van der Waals surface area contributed by atoms with Crippen LogP contribution in [-0.4, -0.2) is 30.1 Å². The van der Waals surface area contributed by atoms with Crippen molar-refractivity contribution in [1.82, 2.24) is 5.32 Å². The largest absolute Gasteiger partial charge is 0.395 e. The highest BCUT2D eigenvalue weighted by Crippen LogP contribution is 2.09. The van der Waals surface area contributed by atoms with E-state index in [0.29, 0.717) is 11.3 Å². The van der Waals surface area contributed by atoms with Gasteiger partial charge in [0.15, 0.2) is 5.78 Å². The first-order valence-electron chi connectivity index (χ1n) is 4.90. The molecule has 2 amide bonds. The minimum atomic E-state index is -0.385. The Kier molecular flexibility index (Phi) is 4.47. The first-order chi connectivity index (χ1) is 7.63. The van der Waals surface area contributed by atoms with E-state index in [1.54, 1.807) is 24.3 Å². The molecule has 3 N–H and O–H groups in total. The van der Waals surface area contributed by atoms with E-state index in [9.17, 15) is 9.59 Å². The fourth-order valence-electron chi connectivity index (χ4n) is 1.13. The number of carbonyl (C=O) groups is 2. The Morgan fingerprint density at radius 2 is 1.88 bits per heavy atom. The maximum Gasteiger partial charge on any atom is 0.319 e. The Labute approximate surface area is 93.5 Å². The Bertz CT molecular complexity index is 373. The predicted octanol–water partition coefficient (Wildman–Crippen LogP) is 1.00. The molecule has 0 aromatic heterocycles. The number of anilines is 1. The molecule has 0 radical (unpaired) electrons. The molecule has 0 heterocycles. The first-order valence-corrected chi connectivity index (χ1v) is 4.90. The lowest BCUT2D eigenvalue weighted by molar-refractivity contribution is 0.101. The third-order valence-corrected chi connectivity index (χ3v) is 1.95. The van der Waals surface area contributed by atoms with Crippen LogP contribution in [0.1, 0.15) is 17.3 Å². The Hall–Kier alpha value is -1.88. The van der Waals surface area contributed by atoms with E-state index < -0.39 is 0 Å². The van der Waals surface area contributed by atoms with Crippen molar-refractivity contribution >= 4 is 17.5 Å². The lowest BCUT2D eigenvalue weighted by Crippen LogP contribution is -2.30. The van der Waals surface area contributed by atoms with Crippen LogP contribution in [0.5, 0.6) is 0 Å². The van der Waals surface area contributed by atoms with E-state index in [-0.39, 0.29) is 25.0 Å². The predicted molar refractivity (Wildman–Crippen MR) is 60.6 cm³/mol. The van der Waals surface area contributed by atoms with E-state index >= 15 is 0 Å². The minimum absolute atomic E-state index is 0.0173. The zero-order chi connectivity index (χ0) is 12.0. The quantitative estimate of drug-likeness (QED) is 0.665. The van der Waals surface area contributed by atoms with Gasteiger partial charge in [0.1, 0.15) is 0 Å². The number of nitrogens with one attached hydrogen (secondary N) is 2. The number of Topliss-reactive ketones (excluding diaryl/α,β-unsaturated/α-hetero) is 1. The normalized spacial score (nSPS) is 9.62. The fraction of sp³-hybridized carbons (Fsp3) is 0.273. The number of benzene rings is 1. The summed E-state index contributed by atoms with van der Waals surface area (Å²) < 4.78 is 0. The molecule has 0 bridgehead atoms. The maximum atomic E-state index is 11.2. The van der Waals surface area contributed by atoms with Gasteiger partial charge in [-0.2, -0.15) is 0 Å². The van der Waals surface area contributed by atoms with Crippen molar-refractivity contribution in [2.24, 2.45) is 0 Å². The summed E-state index contributed by atoms with van der Waals surface area (Å²) in [6, 6.07) is 6.20. The van der Waals surface area contributed by atoms with Crippen molar-refractivity contribution in [3.05, 3.63) is 29.8 Å². The number of ketones is 1. The van der Waals surface area contributed by atoms with Gasteiger partial charge in [-0.3, -0.25) is 4.79 Å². The molecule has 0 atom stereocenters. The van der Waals surface area contributed by atoms with Gasteiger partial charge in [-0.05, 0) is 31.2 Å². The number of urea groups is 1. The second-order valence-corrected chi connectivity index (χ2v) is 3.24. The van der Waals surface area contributed by atoms with Crippen molar-refractivity contribution in [3.8, 4) is 0 Å². The second kappa shape index (κ2) is 5.87. The smallest absolute Gasteiger partial charge is 0.319 e. The molecule has 0 saturated heterocycles. The third-order valence-electron chi connectivity index (χ3n) is 1.95. The van der Waals surface area contributed by atoms with Gasteiger partial charge in [0.25, 0.3) is 0 Å². The Balaban J connectivity index is 2.55. The number of aliphatic hydroxyl groups excluding tert-OH is 1. The van der Waals surface area contributed by atoms with Gasteiger partial charge < -0.3 is 15.7 Å². The summed E-state index contributed by atoms with van der Waals surface area (Å²) in [6.45, 7) is 1.59. The van der Waals surface area contributed by atoms with Crippen molar-refractivity contribution in [1.29, 1.82) is 0 Å². The molecule has 86 valence electrons. The summed E-state index contributed by atoms with van der Waals surface area (Å²) in [5.74, 6) is -0.0173. The van der Waals surface area contributed by atoms with Crippen molar-refractivity contribution in [2.75, 3.05) is 18.5 Å². The highest BCUT2D eigenvalue weighted by Gasteiger charge is 2.02. The van der Waals surface area contributed by atoms with E-state index in [1.165, 1.54) is 6.92 Å². The topological polar surface area (TPSA) is 78.4 Å². The molecule has 5 nitrogen and oxygen atoms in total. The zero-order valence-electron chi connectivity index (χ0n) is 8.99. The lowest BCUT2D eigenvalue weighted by atomic mass is 10.1. The monoisotopic (exact) mass is 222 g/mol. The van der Waals surface area contributed by atoms with Crippen LogP contribution in [0, 0.1) is 0 Å². The van der Waals surface area contributed by atoms with Crippen LogP contribution in [0.2, 0.25) is 0 Å². The van der Waals surface area contributed by atoms with Crippen LogP contribution in [-0.2, 0) is 0 Å². The summed E-state index contributed by atoms with van der Waals surface area (Å²) in [4.78, 5) is 22.2. The molecule has 0 unspecified atom stereocenters. The molecule has 5 heteroatoms. The van der Waals surface area contributed by atoms with Gasteiger partial charge in [0.05, 0.1) is 6.61 Å². The molecule has 1 rings (SSSR count). The highest BCUT2D eigenvalue weighted by molar-refractivity contribution is 5.95. The van der Waals surface area contributed by atoms with Crippen LogP contribution in [0.25, 0.3) is 0 Å². The third kappa shape index (κ3) is 3.70. The summed E-state index contributed by atoms with van der Waals surface area (Å²) in [5.41, 5.74) is 1.20. The number of hydrogen-bond acceptors (Lipinski definition) is 3. The molecular weight excluding hydrogens is 208 g/mol. The summed E-state index contributed by atoms with van der Waals surface area (Å²) in [6.07, 6.45) is 0. The Morgan fingerprint density at radius 3 is 2.38 bits per heavy atom. The molecule has 0 aliphatic carbocycles. The van der Waals surface area contributed by atoms with Crippen LogP contribution in [0.15, 0.2) is 24.3 Å². The number of carbonyl (C=O) groups excluding carboxylic acids is 2. The number of aliphatic hydroxyl groups is 1. The number of rotatable bonds is 4. The number of hydrogen-bond donors (Lipinski definition) is 3. The number of amides is 2. The molecule has 0 aliphatic rings. The molecule has 0 fully saturated rings. The van der Waals surface area contributed by atoms with Crippen LogP contribution < -0.4 is 10.6 Å². The van der Waals surface area contributed by atoms with E-state index in [2.05, 4.69) is 10.6 Å². The summed E-state index contributed by atoms with van der Waals surface area (Å²) in [7, 11) is 0. The average molecular weight is 222 g/mol. The van der Waals surface area contributed by atoms with Crippen LogP contribution in [0.3, 0.4) is 0 Å². The van der Waals surface area contributed by atoms with Gasteiger partial charge in [0.2, 0.25) is 0 Å². The van der Waals surface area contributed by atoms with Crippen LogP contribution in [0.4, 0.5) is 10.5 Å². The molecule has 0 spiro atoms. The molecule has 0 aliphatic heterocycles. The SMILES string of the molecule is CC(=O)c1ccc(NC(=O)NCCO)cc1. The van der Waals surface area contributed by atoms with Crippen molar-refractivity contribution in [3.63, 3.8) is 0 Å². The first kappa shape index (κ1) is 12.2. The standard InChI is InChI=1S/C11H14N2O3/c1-8(15)9-2-4-10(5-3-9)13-11(16)12-6-7-14/h2-5,14H,6-7H2,1H3,(H2,12,13,16). The molecule has 1 aromatic carbocycles. The van der Waals surface area contributed by atoms with Crippen molar-refractivity contribution < 1.29 is 14.7 Å². The lowest BCUT2D eigenvalue weighted by Gasteiger charge is -2.06. The van der Waals surface area contributed by atoms with Gasteiger partial charge in [0, 0.05) is 17.8 Å². The van der Waals surface area contributed by atoms with Crippen molar-refractivity contribution in [2.45, 2.75) is 6.92 Å². The molecular formula is C11H14N2O3. The summed E-state index contributed by atoms with van der Waals surface area (Å²) >= 11 is 0. The molecule has 16 heavy (non-hydrogen) atoms. The summed E-state index contributed by atoms with van der Waals surface area (Å²) in [5, 5.41) is 13.5. The van der Waals surface area contributed by atoms with E-state index in [0.717, 1.165) is 0 Å². The van der Waals surface area contributed by atoms with Gasteiger partial charge in [-0.15, -0.1) is 0 Å². The molecule has 0 saturated carbocycles. The van der Waals surface area contributed by atoms with Gasteiger partial charge in [-0.25, -0.2) is 4.79 Å². The van der Waals surface area contributed by atoms with Gasteiger partial charge in [-0.1, -0.05) is 0 Å². The van der Waals surface area contributed by atoms with E-state index in [4.69, 9.17) is 5.11 Å². The zero-order valence-corrected chi connectivity index (χ0v) is 8.99. The average Bonchev–Trinajstić information content (AvgIpc) is 2.27. The van der Waals surface area contributed by atoms with E-state index in [1.807, 2.05) is 0 Å². The highest BCUT2D eigenvalue weighted by atomic mass is 16.3. The molecule has 1 aromatic rings. The van der Waals surface area contributed by atoms with Crippen LogP contribution >= 0.6 is 0 Å².